The van der Waals surface area contributed by atoms with Gasteiger partial charge in [-0.05, 0) is 67.7 Å². The van der Waals surface area contributed by atoms with Gasteiger partial charge in [-0.3, -0.25) is 52.9 Å². The van der Waals surface area contributed by atoms with Gasteiger partial charge >= 0.3 is 0 Å². The third-order valence-corrected chi connectivity index (χ3v) is 17.0. The smallest absolute Gasteiger partial charge is 0.246 e. The first-order valence-corrected chi connectivity index (χ1v) is 28.5. The van der Waals surface area contributed by atoms with E-state index in [4.69, 9.17) is 27.7 Å². The average Bonchev–Trinajstić information content (AvgIpc) is 3.90. The largest absolute Gasteiger partial charge is 0.497 e. The molecule has 0 radical (unpaired) electrons. The minimum absolute atomic E-state index is 0.0136. The Balaban J connectivity index is 1.52. The van der Waals surface area contributed by atoms with Crippen LogP contribution in [-0.2, 0) is 60.8 Å². The van der Waals surface area contributed by atoms with Gasteiger partial charge < -0.3 is 69.8 Å². The third kappa shape index (κ3) is 19.1. The fourth-order valence-corrected chi connectivity index (χ4v) is 12.9. The average molecular weight is 1120 g/mol. The normalized spacial score (nSPS) is 23.0. The first kappa shape index (κ1) is 61.8. The second kappa shape index (κ2) is 30.2. The van der Waals surface area contributed by atoms with E-state index in [2.05, 4.69) is 42.2 Å². The molecule has 24 nitrogen and oxygen atoms in total. The van der Waals surface area contributed by atoms with E-state index in [1.807, 2.05) is 0 Å². The number of rotatable bonds is 18. The van der Waals surface area contributed by atoms with Crippen molar-refractivity contribution in [3.05, 3.63) is 65.7 Å². The maximum atomic E-state index is 14.9. The molecular weight excluding hydrogens is 1050 g/mol. The minimum atomic E-state index is -1.66. The van der Waals surface area contributed by atoms with Crippen LogP contribution in [0.5, 0.6) is 5.75 Å². The number of methoxy groups -OCH3 is 1. The van der Waals surface area contributed by atoms with Gasteiger partial charge in [-0.1, -0.05) is 97.2 Å². The highest BCUT2D eigenvalue weighted by atomic mass is 33.1. The molecule has 0 bridgehead atoms. The van der Waals surface area contributed by atoms with Gasteiger partial charge in [-0.2, -0.15) is 0 Å². The number of nitrogens with zero attached hydrogens (tertiary/aromatic N) is 2. The van der Waals surface area contributed by atoms with Gasteiger partial charge in [0.15, 0.2) is 5.96 Å². The summed E-state index contributed by atoms with van der Waals surface area (Å²) in [5.74, 6) is -7.93. The van der Waals surface area contributed by atoms with E-state index in [9.17, 15) is 47.9 Å². The quantitative estimate of drug-likeness (QED) is 0.0371. The standard InChI is InChI=1S/C52H75N13O11S2/c1-30(2)43-49(74)62-37(26-40(53)66)46(71)63-38(50(75)65-23-11-15-39(65)48(73)60-34(14-10-22-57-51(55)56)44(69)58-28-41(54)67)29-77-78-52(20-8-5-9-21-52)27-42(68)59-35(25-32-16-18-33(76-3)19-17-32)45(70)61-36(47(72)64-43)24-31-12-6-4-7-13-31/h4,6-7,12-13,16-19,30,34-39,43H,5,8-11,14-15,20-29H2,1-3H3,(H2,53,66)(H2,54,67)(H,58,69)(H,59,68)(H,60,73)(H,61,70)(H,62,74)(H,63,71)(H,64,72)(H4,55,56,57)/t34-,35-,36-,37-,38-,39+,43-/m0/s1. The number of benzene rings is 2. The van der Waals surface area contributed by atoms with E-state index in [1.165, 1.54) is 33.6 Å². The summed E-state index contributed by atoms with van der Waals surface area (Å²) < 4.78 is 4.63. The van der Waals surface area contributed by atoms with Crippen LogP contribution in [0.25, 0.3) is 0 Å². The van der Waals surface area contributed by atoms with Crippen LogP contribution in [0.1, 0.15) is 95.6 Å². The van der Waals surface area contributed by atoms with Crippen LogP contribution >= 0.6 is 21.6 Å². The molecule has 1 saturated carbocycles. The number of guanidine groups is 1. The van der Waals surface area contributed by atoms with Crippen molar-refractivity contribution in [2.75, 3.05) is 32.5 Å². The number of likely N-dealkylation sites (tertiary alicyclic amines) is 1. The first-order valence-electron chi connectivity index (χ1n) is 26.2. The Bertz CT molecular complexity index is 2480. The van der Waals surface area contributed by atoms with E-state index >= 15 is 0 Å². The van der Waals surface area contributed by atoms with E-state index in [1.54, 1.807) is 68.4 Å². The Morgan fingerprint density at radius 3 is 2.03 bits per heavy atom. The second-order valence-corrected chi connectivity index (χ2v) is 22.9. The van der Waals surface area contributed by atoms with Crippen molar-refractivity contribution in [2.24, 2.45) is 33.8 Å². The lowest BCUT2D eigenvalue weighted by Gasteiger charge is -2.37. The van der Waals surface area contributed by atoms with Crippen molar-refractivity contribution >= 4 is 86.6 Å². The Hall–Kier alpha value is -7.09. The van der Waals surface area contributed by atoms with Crippen molar-refractivity contribution in [1.82, 2.24) is 42.1 Å². The number of carbonyl (C=O) groups is 10. The van der Waals surface area contributed by atoms with E-state index in [0.717, 1.165) is 19.3 Å². The van der Waals surface area contributed by atoms with Crippen LogP contribution in [0.3, 0.4) is 0 Å². The molecule has 426 valence electrons. The van der Waals surface area contributed by atoms with Crippen molar-refractivity contribution in [2.45, 2.75) is 144 Å². The molecule has 2 aromatic carbocycles. The van der Waals surface area contributed by atoms with E-state index < -0.39 is 125 Å². The number of nitrogens with two attached hydrogens (primary N) is 4. The molecule has 10 amide bonds. The molecule has 2 aliphatic heterocycles. The van der Waals surface area contributed by atoms with Gasteiger partial charge in [0.1, 0.15) is 48.0 Å². The Kier molecular flexibility index (Phi) is 23.9. The van der Waals surface area contributed by atoms with E-state index in [-0.39, 0.29) is 63.3 Å². The van der Waals surface area contributed by atoms with E-state index in [0.29, 0.717) is 36.1 Å². The third-order valence-electron chi connectivity index (χ3n) is 13.6. The topological polar surface area (TPSA) is 384 Å². The minimum Gasteiger partial charge on any atom is -0.497 e. The van der Waals surface area contributed by atoms with Crippen molar-refractivity contribution in [3.8, 4) is 5.75 Å². The maximum Gasteiger partial charge on any atom is 0.246 e. The predicted molar refractivity (Wildman–Crippen MR) is 294 cm³/mol. The summed E-state index contributed by atoms with van der Waals surface area (Å²) >= 11 is 0. The van der Waals surface area contributed by atoms with Crippen molar-refractivity contribution in [3.63, 3.8) is 0 Å². The van der Waals surface area contributed by atoms with Gasteiger partial charge in [0.2, 0.25) is 59.1 Å². The van der Waals surface area contributed by atoms with Crippen LogP contribution in [0.15, 0.2) is 59.6 Å². The highest BCUT2D eigenvalue weighted by Gasteiger charge is 2.42. The Morgan fingerprint density at radius 1 is 0.769 bits per heavy atom. The number of nitrogens with one attached hydrogen (secondary N) is 7. The molecule has 2 aromatic rings. The molecule has 1 spiro atoms. The number of ether oxygens (including phenoxy) is 1. The Labute approximate surface area is 461 Å². The highest BCUT2D eigenvalue weighted by Crippen LogP contribution is 2.48. The number of amides is 10. The molecule has 2 heterocycles. The van der Waals surface area contributed by atoms with Gasteiger partial charge in [0, 0.05) is 42.9 Å². The lowest BCUT2D eigenvalue weighted by molar-refractivity contribution is -0.142. The fourth-order valence-electron chi connectivity index (χ4n) is 9.54. The molecule has 1 aliphatic carbocycles. The lowest BCUT2D eigenvalue weighted by atomic mass is 9.85. The second-order valence-electron chi connectivity index (χ2n) is 20.1. The van der Waals surface area contributed by atoms with Gasteiger partial charge in [-0.15, -0.1) is 0 Å². The van der Waals surface area contributed by atoms with Crippen LogP contribution in [-0.4, -0.2) is 149 Å². The molecule has 7 atom stereocenters. The van der Waals surface area contributed by atoms with Crippen LogP contribution in [0.2, 0.25) is 0 Å². The van der Waals surface area contributed by atoms with Crippen LogP contribution < -0.4 is 64.9 Å². The van der Waals surface area contributed by atoms with Crippen molar-refractivity contribution in [1.29, 1.82) is 0 Å². The molecule has 3 fully saturated rings. The Morgan fingerprint density at radius 2 is 1.40 bits per heavy atom. The maximum absolute atomic E-state index is 14.9. The number of hydrogen-bond donors (Lipinski definition) is 11. The number of hydrogen-bond acceptors (Lipinski definition) is 14. The SMILES string of the molecule is COc1ccc(C[C@@H]2NC(=O)CC3(CCCCC3)SSC[C@@H](C(=O)N3CCC[C@@H]3C(=O)N[C@@H](CCCN=C(N)N)C(=O)NCC(N)=O)NC(=O)[C@H](CC(N)=O)NC(=O)[C@H](C(C)C)NC(=O)[C@H](Cc3ccccc3)NC2=O)cc1. The van der Waals surface area contributed by atoms with Crippen molar-refractivity contribution < 1.29 is 52.7 Å². The zero-order valence-corrected chi connectivity index (χ0v) is 46.0. The molecule has 0 unspecified atom stereocenters. The molecule has 2 saturated heterocycles. The summed E-state index contributed by atoms with van der Waals surface area (Å²) in [5, 5.41) is 19.0. The van der Waals surface area contributed by atoms with Gasteiger partial charge in [0.25, 0.3) is 0 Å². The molecule has 5 rings (SSSR count). The summed E-state index contributed by atoms with van der Waals surface area (Å²) in [6.45, 7) is 2.98. The molecule has 78 heavy (non-hydrogen) atoms. The number of carbonyl (C=O) groups excluding carboxylic acids is 10. The summed E-state index contributed by atoms with van der Waals surface area (Å²) in [6.07, 6.45) is 3.75. The molecule has 0 aromatic heterocycles. The summed E-state index contributed by atoms with van der Waals surface area (Å²) in [7, 11) is 4.11. The summed E-state index contributed by atoms with van der Waals surface area (Å²) in [4.78, 5) is 144. The number of primary amides is 2. The zero-order valence-electron chi connectivity index (χ0n) is 44.3. The molecule has 15 N–H and O–H groups in total. The van der Waals surface area contributed by atoms with Gasteiger partial charge in [0.05, 0.1) is 20.1 Å². The zero-order chi connectivity index (χ0) is 56.9. The predicted octanol–water partition coefficient (Wildman–Crippen LogP) is -0.945. The lowest BCUT2D eigenvalue weighted by Crippen LogP contribution is -2.61. The van der Waals surface area contributed by atoms with Crippen LogP contribution in [0, 0.1) is 5.92 Å². The summed E-state index contributed by atoms with van der Waals surface area (Å²) in [5.41, 5.74) is 23.2. The van der Waals surface area contributed by atoms with Gasteiger partial charge in [-0.25, -0.2) is 0 Å². The number of aliphatic imine (C=N–C) groups is 1. The molecular formula is C52H75N13O11S2. The highest BCUT2D eigenvalue weighted by molar-refractivity contribution is 8.77. The van der Waals surface area contributed by atoms with Crippen LogP contribution in [0.4, 0.5) is 0 Å². The monoisotopic (exact) mass is 1120 g/mol. The molecule has 26 heteroatoms. The fraction of sp³-hybridized carbons (Fsp3) is 0.558. The molecule has 3 aliphatic rings. The summed E-state index contributed by atoms with van der Waals surface area (Å²) in [6, 6.07) is 6.71. The first-order chi connectivity index (χ1) is 37.2.